The number of rotatable bonds is 6. The van der Waals surface area contributed by atoms with Crippen LogP contribution in [0.1, 0.15) is 39.4 Å². The van der Waals surface area contributed by atoms with Gasteiger partial charge in [0.05, 0.1) is 16.5 Å². The standard InChI is InChI=1S/C12H20N2O2S/c1-8(2)5-10-6-11(17-7-12(15)16)14(13-10)9(3)4/h6,8-9H,5,7H2,1-4H3,(H,15,16). The summed E-state index contributed by atoms with van der Waals surface area (Å²) in [6.45, 7) is 8.41. The zero-order valence-corrected chi connectivity index (χ0v) is 11.6. The number of hydrogen-bond donors (Lipinski definition) is 1. The van der Waals surface area contributed by atoms with Crippen LogP contribution in [-0.2, 0) is 11.2 Å². The molecule has 0 atom stereocenters. The summed E-state index contributed by atoms with van der Waals surface area (Å²) in [7, 11) is 0. The molecule has 0 aromatic carbocycles. The van der Waals surface area contributed by atoms with Gasteiger partial charge >= 0.3 is 5.97 Å². The van der Waals surface area contributed by atoms with Crippen molar-refractivity contribution in [2.45, 2.75) is 45.2 Å². The van der Waals surface area contributed by atoms with Crippen LogP contribution >= 0.6 is 11.8 Å². The third-order valence-electron chi connectivity index (χ3n) is 2.20. The van der Waals surface area contributed by atoms with E-state index in [1.165, 1.54) is 11.8 Å². The summed E-state index contributed by atoms with van der Waals surface area (Å²) in [5.41, 5.74) is 1.04. The fraction of sp³-hybridized carbons (Fsp3) is 0.667. The second-order valence-electron chi connectivity index (χ2n) is 4.79. The summed E-state index contributed by atoms with van der Waals surface area (Å²) < 4.78 is 1.91. The zero-order valence-electron chi connectivity index (χ0n) is 10.8. The molecule has 0 amide bonds. The van der Waals surface area contributed by atoms with E-state index in [9.17, 15) is 4.79 Å². The lowest BCUT2D eigenvalue weighted by molar-refractivity contribution is -0.133. The van der Waals surface area contributed by atoms with Gasteiger partial charge in [-0.2, -0.15) is 5.10 Å². The molecule has 0 saturated carbocycles. The smallest absolute Gasteiger partial charge is 0.313 e. The second-order valence-corrected chi connectivity index (χ2v) is 5.79. The largest absolute Gasteiger partial charge is 0.481 e. The highest BCUT2D eigenvalue weighted by Gasteiger charge is 2.13. The Morgan fingerprint density at radius 2 is 2.12 bits per heavy atom. The summed E-state index contributed by atoms with van der Waals surface area (Å²) >= 11 is 1.33. The minimum absolute atomic E-state index is 0.0829. The number of aliphatic carboxylic acids is 1. The quantitative estimate of drug-likeness (QED) is 0.795. The highest BCUT2D eigenvalue weighted by atomic mass is 32.2. The molecule has 1 rings (SSSR count). The van der Waals surface area contributed by atoms with Gasteiger partial charge in [0.2, 0.25) is 0 Å². The number of carbonyl (C=O) groups is 1. The number of carboxylic acid groups (broad SMARTS) is 1. The maximum atomic E-state index is 10.6. The Morgan fingerprint density at radius 1 is 1.47 bits per heavy atom. The maximum Gasteiger partial charge on any atom is 0.313 e. The molecule has 0 aliphatic rings. The molecule has 96 valence electrons. The highest BCUT2D eigenvalue weighted by Crippen LogP contribution is 2.23. The van der Waals surface area contributed by atoms with Gasteiger partial charge in [-0.1, -0.05) is 25.6 Å². The van der Waals surface area contributed by atoms with Gasteiger partial charge in [0.1, 0.15) is 0 Å². The Kier molecular flexibility index (Phi) is 5.05. The zero-order chi connectivity index (χ0) is 13.0. The van der Waals surface area contributed by atoms with E-state index in [1.807, 2.05) is 10.7 Å². The highest BCUT2D eigenvalue weighted by molar-refractivity contribution is 7.99. The van der Waals surface area contributed by atoms with E-state index in [0.717, 1.165) is 17.1 Å². The minimum Gasteiger partial charge on any atom is -0.481 e. The van der Waals surface area contributed by atoms with Crippen LogP contribution in [0.25, 0.3) is 0 Å². The Morgan fingerprint density at radius 3 is 2.59 bits per heavy atom. The first-order valence-electron chi connectivity index (χ1n) is 5.83. The normalized spacial score (nSPS) is 11.4. The van der Waals surface area contributed by atoms with Crippen molar-refractivity contribution in [2.24, 2.45) is 5.92 Å². The molecule has 0 saturated heterocycles. The number of hydrogen-bond acceptors (Lipinski definition) is 3. The summed E-state index contributed by atoms with van der Waals surface area (Å²) in [6, 6.07) is 2.26. The van der Waals surface area contributed by atoms with E-state index in [0.29, 0.717) is 5.92 Å². The molecule has 1 aromatic rings. The van der Waals surface area contributed by atoms with E-state index in [-0.39, 0.29) is 11.8 Å². The number of carboxylic acids is 1. The van der Waals surface area contributed by atoms with Gasteiger partial charge in [0.25, 0.3) is 0 Å². The molecule has 17 heavy (non-hydrogen) atoms. The molecule has 0 spiro atoms. The van der Waals surface area contributed by atoms with Crippen LogP contribution in [0, 0.1) is 5.92 Å². The van der Waals surface area contributed by atoms with Gasteiger partial charge < -0.3 is 5.11 Å². The number of aromatic nitrogens is 2. The van der Waals surface area contributed by atoms with E-state index >= 15 is 0 Å². The Labute approximate surface area is 106 Å². The van der Waals surface area contributed by atoms with Crippen molar-refractivity contribution in [1.82, 2.24) is 9.78 Å². The topological polar surface area (TPSA) is 55.1 Å². The van der Waals surface area contributed by atoms with Crippen molar-refractivity contribution in [3.63, 3.8) is 0 Å². The van der Waals surface area contributed by atoms with Crippen molar-refractivity contribution in [1.29, 1.82) is 0 Å². The van der Waals surface area contributed by atoms with E-state index in [2.05, 4.69) is 32.8 Å². The predicted octanol–water partition coefficient (Wildman–Crippen LogP) is 2.84. The second kappa shape index (κ2) is 6.10. The van der Waals surface area contributed by atoms with Crippen molar-refractivity contribution in [2.75, 3.05) is 5.75 Å². The lowest BCUT2D eigenvalue weighted by Gasteiger charge is -2.09. The van der Waals surface area contributed by atoms with Crippen molar-refractivity contribution in [3.05, 3.63) is 11.8 Å². The van der Waals surface area contributed by atoms with Crippen molar-refractivity contribution < 1.29 is 9.90 Å². The third kappa shape index (κ3) is 4.42. The summed E-state index contributed by atoms with van der Waals surface area (Å²) in [6.07, 6.45) is 0.931. The molecule has 1 N–H and O–H groups in total. The maximum absolute atomic E-state index is 10.6. The van der Waals surface area contributed by atoms with Gasteiger partial charge in [-0.25, -0.2) is 0 Å². The van der Waals surface area contributed by atoms with Crippen LogP contribution in [0.3, 0.4) is 0 Å². The first-order chi connectivity index (χ1) is 7.90. The van der Waals surface area contributed by atoms with E-state index < -0.39 is 5.97 Å². The van der Waals surface area contributed by atoms with Crippen LogP contribution < -0.4 is 0 Å². The van der Waals surface area contributed by atoms with Gasteiger partial charge in [0, 0.05) is 6.04 Å². The lowest BCUT2D eigenvalue weighted by atomic mass is 10.1. The molecule has 1 heterocycles. The van der Waals surface area contributed by atoms with Crippen LogP contribution in [-0.4, -0.2) is 26.6 Å². The monoisotopic (exact) mass is 256 g/mol. The molecule has 4 nitrogen and oxygen atoms in total. The van der Waals surface area contributed by atoms with Crippen molar-refractivity contribution >= 4 is 17.7 Å². The van der Waals surface area contributed by atoms with E-state index in [1.54, 1.807) is 0 Å². The van der Waals surface area contributed by atoms with Crippen molar-refractivity contribution in [3.8, 4) is 0 Å². The summed E-state index contributed by atoms with van der Waals surface area (Å²) in [5, 5.41) is 14.2. The van der Waals surface area contributed by atoms with Crippen LogP contribution in [0.4, 0.5) is 0 Å². The Hall–Kier alpha value is -0.970. The van der Waals surface area contributed by atoms with Crippen LogP contribution in [0.2, 0.25) is 0 Å². The first-order valence-corrected chi connectivity index (χ1v) is 6.81. The number of thioether (sulfide) groups is 1. The molecule has 0 unspecified atom stereocenters. The van der Waals surface area contributed by atoms with Gasteiger partial charge in [0.15, 0.2) is 0 Å². The molecule has 0 fully saturated rings. The molecular weight excluding hydrogens is 236 g/mol. The van der Waals surface area contributed by atoms with Gasteiger partial charge in [-0.3, -0.25) is 9.48 Å². The minimum atomic E-state index is -0.795. The molecule has 0 radical (unpaired) electrons. The third-order valence-corrected chi connectivity index (χ3v) is 3.19. The Balaban J connectivity index is 2.85. The van der Waals surface area contributed by atoms with Gasteiger partial charge in [-0.15, -0.1) is 0 Å². The molecule has 0 aliphatic heterocycles. The van der Waals surface area contributed by atoms with Crippen LogP contribution in [0.5, 0.6) is 0 Å². The molecule has 5 heteroatoms. The average Bonchev–Trinajstić information content (AvgIpc) is 2.57. The SMILES string of the molecule is CC(C)Cc1cc(SCC(=O)O)n(C(C)C)n1. The molecule has 1 aromatic heterocycles. The molecule has 0 bridgehead atoms. The van der Waals surface area contributed by atoms with E-state index in [4.69, 9.17) is 5.11 Å². The molecule has 0 aliphatic carbocycles. The van der Waals surface area contributed by atoms with Crippen LogP contribution in [0.15, 0.2) is 11.1 Å². The number of nitrogens with zero attached hydrogens (tertiary/aromatic N) is 2. The first kappa shape index (κ1) is 14.1. The Bertz CT molecular complexity index is 386. The average molecular weight is 256 g/mol. The lowest BCUT2D eigenvalue weighted by Crippen LogP contribution is -2.07. The fourth-order valence-corrected chi connectivity index (χ4v) is 2.43. The van der Waals surface area contributed by atoms with Gasteiger partial charge in [-0.05, 0) is 32.3 Å². The molecular formula is C12H20N2O2S. The fourth-order valence-electron chi connectivity index (χ4n) is 1.56. The predicted molar refractivity (Wildman–Crippen MR) is 69.5 cm³/mol. The summed E-state index contributed by atoms with van der Waals surface area (Å²) in [5.74, 6) is -0.153. The summed E-state index contributed by atoms with van der Waals surface area (Å²) in [4.78, 5) is 10.6.